The fourth-order valence-electron chi connectivity index (χ4n) is 3.10. The molecule has 1 fully saturated rings. The smallest absolute Gasteiger partial charge is 0.0613 e. The Balaban J connectivity index is 2.51. The van der Waals surface area contributed by atoms with Crippen molar-refractivity contribution in [3.63, 3.8) is 0 Å². The summed E-state index contributed by atoms with van der Waals surface area (Å²) in [5, 5.41) is 13.4. The summed E-state index contributed by atoms with van der Waals surface area (Å²) < 4.78 is 0. The fourth-order valence-corrected chi connectivity index (χ4v) is 3.10. The summed E-state index contributed by atoms with van der Waals surface area (Å²) in [5.41, 5.74) is -0.0228. The molecule has 2 unspecified atom stereocenters. The molecule has 0 aromatic heterocycles. The Labute approximate surface area is 119 Å². The maximum absolute atomic E-state index is 9.80. The second-order valence-electron chi connectivity index (χ2n) is 6.78. The number of aliphatic hydroxyl groups is 1. The van der Waals surface area contributed by atoms with E-state index in [2.05, 4.69) is 38.0 Å². The zero-order valence-corrected chi connectivity index (χ0v) is 13.4. The predicted molar refractivity (Wildman–Crippen MR) is 82.5 cm³/mol. The lowest BCUT2D eigenvalue weighted by atomic mass is 9.78. The van der Waals surface area contributed by atoms with Crippen LogP contribution in [0.4, 0.5) is 0 Å². The van der Waals surface area contributed by atoms with Crippen molar-refractivity contribution in [1.82, 2.24) is 10.2 Å². The molecule has 0 heterocycles. The molecule has 1 aliphatic carbocycles. The highest BCUT2D eigenvalue weighted by Gasteiger charge is 2.36. The molecule has 3 heteroatoms. The van der Waals surface area contributed by atoms with E-state index in [1.54, 1.807) is 0 Å². The van der Waals surface area contributed by atoms with Crippen LogP contribution in [0.3, 0.4) is 0 Å². The van der Waals surface area contributed by atoms with Gasteiger partial charge in [0.15, 0.2) is 0 Å². The SMILES string of the molecule is CCCNC1(CO)CCCC(N(C)CCC(C)C)C1. The van der Waals surface area contributed by atoms with E-state index < -0.39 is 0 Å². The Kier molecular flexibility index (Phi) is 7.33. The molecule has 0 saturated heterocycles. The molecular formula is C16H34N2O. The summed E-state index contributed by atoms with van der Waals surface area (Å²) in [6.07, 6.45) is 7.13. The molecule has 0 radical (unpaired) electrons. The van der Waals surface area contributed by atoms with Crippen molar-refractivity contribution in [1.29, 1.82) is 0 Å². The fraction of sp³-hybridized carbons (Fsp3) is 1.00. The minimum Gasteiger partial charge on any atom is -0.394 e. The maximum Gasteiger partial charge on any atom is 0.0613 e. The molecule has 0 spiro atoms. The van der Waals surface area contributed by atoms with Crippen LogP contribution in [-0.4, -0.2) is 48.3 Å². The van der Waals surface area contributed by atoms with E-state index in [1.807, 2.05) is 0 Å². The highest BCUT2D eigenvalue weighted by molar-refractivity contribution is 4.96. The van der Waals surface area contributed by atoms with E-state index in [1.165, 1.54) is 25.8 Å². The molecule has 114 valence electrons. The third kappa shape index (κ3) is 5.41. The Morgan fingerprint density at radius 1 is 1.42 bits per heavy atom. The summed E-state index contributed by atoms with van der Waals surface area (Å²) in [4.78, 5) is 2.51. The van der Waals surface area contributed by atoms with Gasteiger partial charge >= 0.3 is 0 Å². The molecule has 19 heavy (non-hydrogen) atoms. The van der Waals surface area contributed by atoms with Gasteiger partial charge in [0.1, 0.15) is 0 Å². The van der Waals surface area contributed by atoms with Gasteiger partial charge in [-0.2, -0.15) is 0 Å². The highest BCUT2D eigenvalue weighted by atomic mass is 16.3. The first-order valence-corrected chi connectivity index (χ1v) is 8.09. The van der Waals surface area contributed by atoms with Crippen molar-refractivity contribution in [2.24, 2.45) is 5.92 Å². The first-order valence-electron chi connectivity index (χ1n) is 8.09. The van der Waals surface area contributed by atoms with Gasteiger partial charge in [-0.05, 0) is 64.6 Å². The highest BCUT2D eigenvalue weighted by Crippen LogP contribution is 2.31. The van der Waals surface area contributed by atoms with E-state index >= 15 is 0 Å². The van der Waals surface area contributed by atoms with Crippen LogP contribution in [0.1, 0.15) is 59.3 Å². The molecule has 2 atom stereocenters. The minimum absolute atomic E-state index is 0.0228. The van der Waals surface area contributed by atoms with Crippen LogP contribution in [0.5, 0.6) is 0 Å². The number of nitrogens with one attached hydrogen (secondary N) is 1. The summed E-state index contributed by atoms with van der Waals surface area (Å²) >= 11 is 0. The van der Waals surface area contributed by atoms with Gasteiger partial charge in [-0.3, -0.25) is 0 Å². The monoisotopic (exact) mass is 270 g/mol. The molecule has 1 aliphatic rings. The lowest BCUT2D eigenvalue weighted by molar-refractivity contribution is 0.0681. The predicted octanol–water partition coefficient (Wildman–Crippen LogP) is 2.64. The summed E-state index contributed by atoms with van der Waals surface area (Å²) in [6, 6.07) is 0.629. The van der Waals surface area contributed by atoms with E-state index in [4.69, 9.17) is 0 Å². The van der Waals surface area contributed by atoms with E-state index in [0.29, 0.717) is 6.04 Å². The molecular weight excluding hydrogens is 236 g/mol. The van der Waals surface area contributed by atoms with Gasteiger partial charge in [-0.25, -0.2) is 0 Å². The Morgan fingerprint density at radius 3 is 2.74 bits per heavy atom. The van der Waals surface area contributed by atoms with E-state index in [-0.39, 0.29) is 12.1 Å². The van der Waals surface area contributed by atoms with Crippen LogP contribution >= 0.6 is 0 Å². The van der Waals surface area contributed by atoms with Crippen LogP contribution < -0.4 is 5.32 Å². The van der Waals surface area contributed by atoms with Crippen molar-refractivity contribution in [3.8, 4) is 0 Å². The summed E-state index contributed by atoms with van der Waals surface area (Å²) in [7, 11) is 2.25. The van der Waals surface area contributed by atoms with Gasteiger partial charge < -0.3 is 15.3 Å². The topological polar surface area (TPSA) is 35.5 Å². The first-order chi connectivity index (χ1) is 9.03. The van der Waals surface area contributed by atoms with Crippen LogP contribution in [0.2, 0.25) is 0 Å². The van der Waals surface area contributed by atoms with Crippen LogP contribution in [0.25, 0.3) is 0 Å². The molecule has 0 aromatic carbocycles. The number of rotatable bonds is 8. The van der Waals surface area contributed by atoms with Gasteiger partial charge in [0.05, 0.1) is 6.61 Å². The number of nitrogens with zero attached hydrogens (tertiary/aromatic N) is 1. The van der Waals surface area contributed by atoms with Gasteiger partial charge in [-0.15, -0.1) is 0 Å². The van der Waals surface area contributed by atoms with E-state index in [0.717, 1.165) is 31.7 Å². The van der Waals surface area contributed by atoms with Gasteiger partial charge in [0.25, 0.3) is 0 Å². The van der Waals surface area contributed by atoms with Crippen molar-refractivity contribution in [3.05, 3.63) is 0 Å². The van der Waals surface area contributed by atoms with Crippen LogP contribution in [0, 0.1) is 5.92 Å². The maximum atomic E-state index is 9.80. The molecule has 1 saturated carbocycles. The zero-order valence-electron chi connectivity index (χ0n) is 13.4. The van der Waals surface area contributed by atoms with Crippen molar-refractivity contribution in [2.45, 2.75) is 70.9 Å². The Hall–Kier alpha value is -0.120. The summed E-state index contributed by atoms with van der Waals surface area (Å²) in [5.74, 6) is 0.770. The molecule has 0 aliphatic heterocycles. The second kappa shape index (κ2) is 8.23. The lowest BCUT2D eigenvalue weighted by Gasteiger charge is -2.43. The second-order valence-corrected chi connectivity index (χ2v) is 6.78. The van der Waals surface area contributed by atoms with Crippen molar-refractivity contribution < 1.29 is 5.11 Å². The van der Waals surface area contributed by atoms with Gasteiger partial charge in [0, 0.05) is 11.6 Å². The third-order valence-electron chi connectivity index (χ3n) is 4.55. The third-order valence-corrected chi connectivity index (χ3v) is 4.55. The van der Waals surface area contributed by atoms with E-state index in [9.17, 15) is 5.11 Å². The van der Waals surface area contributed by atoms with Crippen LogP contribution in [-0.2, 0) is 0 Å². The van der Waals surface area contributed by atoms with Crippen LogP contribution in [0.15, 0.2) is 0 Å². The average Bonchev–Trinajstić information content (AvgIpc) is 2.42. The quantitative estimate of drug-likeness (QED) is 0.712. The molecule has 0 aromatic rings. The van der Waals surface area contributed by atoms with Gasteiger partial charge in [-0.1, -0.05) is 20.8 Å². The lowest BCUT2D eigenvalue weighted by Crippen LogP contribution is -2.55. The molecule has 2 N–H and O–H groups in total. The average molecular weight is 270 g/mol. The number of hydrogen-bond donors (Lipinski definition) is 2. The van der Waals surface area contributed by atoms with Crippen molar-refractivity contribution in [2.75, 3.05) is 26.7 Å². The minimum atomic E-state index is -0.0228. The Morgan fingerprint density at radius 2 is 2.16 bits per heavy atom. The molecule has 0 bridgehead atoms. The standard InChI is InChI=1S/C16H34N2O/c1-5-10-17-16(13-19)9-6-7-15(12-16)18(4)11-8-14(2)3/h14-15,17,19H,5-13H2,1-4H3. The number of aliphatic hydroxyl groups excluding tert-OH is 1. The Bertz CT molecular complexity index is 245. The van der Waals surface area contributed by atoms with Gasteiger partial charge in [0.2, 0.25) is 0 Å². The number of hydrogen-bond acceptors (Lipinski definition) is 3. The molecule has 3 nitrogen and oxygen atoms in total. The largest absolute Gasteiger partial charge is 0.394 e. The molecule has 1 rings (SSSR count). The molecule has 0 amide bonds. The normalized spacial score (nSPS) is 28.3. The summed E-state index contributed by atoms with van der Waals surface area (Å²) in [6.45, 7) is 9.24. The zero-order chi connectivity index (χ0) is 14.3. The van der Waals surface area contributed by atoms with Crippen molar-refractivity contribution >= 4 is 0 Å². The first kappa shape index (κ1) is 16.9.